The first-order chi connectivity index (χ1) is 15.6. The molecule has 2 aliphatic heterocycles. The van der Waals surface area contributed by atoms with Gasteiger partial charge in [0, 0.05) is 25.6 Å². The summed E-state index contributed by atoms with van der Waals surface area (Å²) < 4.78 is 5.59. The summed E-state index contributed by atoms with van der Waals surface area (Å²) in [4.78, 5) is 19.4. The van der Waals surface area contributed by atoms with E-state index < -0.39 is 0 Å². The van der Waals surface area contributed by atoms with E-state index >= 15 is 0 Å². The Morgan fingerprint density at radius 1 is 1.03 bits per heavy atom. The minimum Gasteiger partial charge on any atom is -0.354 e. The zero-order valence-corrected chi connectivity index (χ0v) is 18.1. The number of amides is 1. The first-order valence-corrected chi connectivity index (χ1v) is 11.0. The monoisotopic (exact) mass is 428 g/mol. The van der Waals surface area contributed by atoms with Crippen molar-refractivity contribution < 1.29 is 9.32 Å². The van der Waals surface area contributed by atoms with Crippen molar-refractivity contribution in [3.05, 3.63) is 65.5 Å². The van der Waals surface area contributed by atoms with E-state index in [0.717, 1.165) is 47.4 Å². The van der Waals surface area contributed by atoms with Crippen molar-refractivity contribution in [1.29, 1.82) is 0 Å². The van der Waals surface area contributed by atoms with Crippen LogP contribution in [0, 0.1) is 19.8 Å². The number of anilines is 1. The van der Waals surface area contributed by atoms with E-state index in [1.165, 1.54) is 4.80 Å². The highest BCUT2D eigenvalue weighted by atomic mass is 16.5. The molecule has 0 spiro atoms. The molecule has 1 unspecified atom stereocenters. The van der Waals surface area contributed by atoms with Gasteiger partial charge in [0.05, 0.1) is 35.1 Å². The summed E-state index contributed by atoms with van der Waals surface area (Å²) in [6.07, 6.45) is 4.23. The van der Waals surface area contributed by atoms with Gasteiger partial charge in [-0.3, -0.25) is 4.79 Å². The van der Waals surface area contributed by atoms with E-state index in [1.807, 2.05) is 43.0 Å². The third-order valence-corrected chi connectivity index (χ3v) is 6.74. The normalized spacial score (nSPS) is 20.3. The molecular weight excluding hydrogens is 404 g/mol. The number of nitrogens with zero attached hydrogens (tertiary/aromatic N) is 6. The molecule has 2 aromatic heterocycles. The smallest absolute Gasteiger partial charge is 0.256 e. The van der Waals surface area contributed by atoms with Crippen LogP contribution in [0.1, 0.15) is 27.9 Å². The summed E-state index contributed by atoms with van der Waals surface area (Å²) in [5.74, 6) is 1.47. The van der Waals surface area contributed by atoms with E-state index in [0.29, 0.717) is 23.7 Å². The number of aromatic nitrogens is 4. The molecule has 4 aromatic rings. The lowest BCUT2D eigenvalue weighted by Gasteiger charge is -2.53. The fraction of sp³-hybridized carbons (Fsp3) is 0.333. The third kappa shape index (κ3) is 2.97. The van der Waals surface area contributed by atoms with Crippen LogP contribution in [0.2, 0.25) is 0 Å². The number of hydrogen-bond acceptors (Lipinski definition) is 6. The van der Waals surface area contributed by atoms with Gasteiger partial charge in [-0.25, -0.2) is 0 Å². The molecule has 0 radical (unpaired) electrons. The average molecular weight is 428 g/mol. The van der Waals surface area contributed by atoms with Crippen LogP contribution in [0.4, 0.5) is 5.82 Å². The van der Waals surface area contributed by atoms with Gasteiger partial charge in [-0.1, -0.05) is 22.9 Å². The molecule has 0 bridgehead atoms. The van der Waals surface area contributed by atoms with Crippen molar-refractivity contribution in [1.82, 2.24) is 25.1 Å². The standard InChI is InChI=1S/C24H24N6O2/c1-15-4-6-20(30-25-8-9-26-30)19(11-15)24(31)28-10-7-17-13-29(21(17)14-28)23-18-5-3-16(2)12-22(18)32-27-23/h3-6,8-9,11-12,17,21H,7,10,13-14H2,1-2H3/t17?,21-/m1/s1. The van der Waals surface area contributed by atoms with E-state index in [2.05, 4.69) is 32.4 Å². The second kappa shape index (κ2) is 7.19. The number of hydrogen-bond donors (Lipinski definition) is 0. The number of carbonyl (C=O) groups is 1. The SMILES string of the molecule is Cc1ccc(-n2nccn2)c(C(=O)N2CCC3CN(c4noc5cc(C)ccc45)[C@@H]3C2)c1. The summed E-state index contributed by atoms with van der Waals surface area (Å²) in [6, 6.07) is 12.2. The van der Waals surface area contributed by atoms with Crippen molar-refractivity contribution >= 4 is 22.7 Å². The second-order valence-corrected chi connectivity index (χ2v) is 8.86. The van der Waals surface area contributed by atoms with E-state index in [1.54, 1.807) is 12.4 Å². The number of likely N-dealkylation sites (tertiary alicyclic amines) is 1. The summed E-state index contributed by atoms with van der Waals surface area (Å²) in [5.41, 5.74) is 4.33. The summed E-state index contributed by atoms with van der Waals surface area (Å²) in [5, 5.41) is 13.9. The summed E-state index contributed by atoms with van der Waals surface area (Å²) in [6.45, 7) is 6.42. The molecule has 6 rings (SSSR count). The Hall–Kier alpha value is -3.68. The van der Waals surface area contributed by atoms with Crippen molar-refractivity contribution in [3.63, 3.8) is 0 Å². The highest BCUT2D eigenvalue weighted by Crippen LogP contribution is 2.39. The molecule has 2 atom stereocenters. The highest BCUT2D eigenvalue weighted by Gasteiger charge is 2.45. The third-order valence-electron chi connectivity index (χ3n) is 6.74. The number of benzene rings is 2. The van der Waals surface area contributed by atoms with Gasteiger partial charge < -0.3 is 14.3 Å². The van der Waals surface area contributed by atoms with Crippen LogP contribution in [-0.4, -0.2) is 56.6 Å². The average Bonchev–Trinajstić information content (AvgIpc) is 3.44. The zero-order chi connectivity index (χ0) is 21.8. The lowest BCUT2D eigenvalue weighted by molar-refractivity contribution is 0.0590. The maximum absolute atomic E-state index is 13.6. The molecule has 4 heterocycles. The lowest BCUT2D eigenvalue weighted by Crippen LogP contribution is -2.65. The molecule has 2 fully saturated rings. The Balaban J connectivity index is 1.28. The van der Waals surface area contributed by atoms with Crippen molar-refractivity contribution in [2.75, 3.05) is 24.5 Å². The summed E-state index contributed by atoms with van der Waals surface area (Å²) in [7, 11) is 0. The van der Waals surface area contributed by atoms with Crippen LogP contribution in [-0.2, 0) is 0 Å². The first-order valence-electron chi connectivity index (χ1n) is 11.0. The Bertz CT molecular complexity index is 1310. The van der Waals surface area contributed by atoms with Crippen LogP contribution in [0.3, 0.4) is 0 Å². The van der Waals surface area contributed by atoms with Crippen LogP contribution in [0.5, 0.6) is 0 Å². The maximum atomic E-state index is 13.6. The number of piperidine rings is 1. The molecule has 0 saturated carbocycles. The van der Waals surface area contributed by atoms with Crippen molar-refractivity contribution in [3.8, 4) is 5.69 Å². The molecule has 1 amide bonds. The molecule has 32 heavy (non-hydrogen) atoms. The number of fused-ring (bicyclic) bond motifs is 2. The molecule has 0 N–H and O–H groups in total. The molecule has 8 heteroatoms. The van der Waals surface area contributed by atoms with Gasteiger partial charge in [0.15, 0.2) is 11.4 Å². The Morgan fingerprint density at radius 3 is 2.66 bits per heavy atom. The van der Waals surface area contributed by atoms with Gasteiger partial charge in [0.2, 0.25) is 0 Å². The van der Waals surface area contributed by atoms with Crippen molar-refractivity contribution in [2.45, 2.75) is 26.3 Å². The van der Waals surface area contributed by atoms with E-state index in [9.17, 15) is 4.79 Å². The van der Waals surface area contributed by atoms with E-state index in [4.69, 9.17) is 4.52 Å². The molecule has 162 valence electrons. The Labute approximate surface area is 185 Å². The molecular formula is C24H24N6O2. The van der Waals surface area contributed by atoms with Gasteiger partial charge in [0.1, 0.15) is 0 Å². The predicted octanol–water partition coefficient (Wildman–Crippen LogP) is 3.38. The number of carbonyl (C=O) groups excluding carboxylic acids is 1. The van der Waals surface area contributed by atoms with Crippen LogP contribution < -0.4 is 4.90 Å². The van der Waals surface area contributed by atoms with Crippen LogP contribution >= 0.6 is 0 Å². The molecule has 0 aliphatic carbocycles. The number of rotatable bonds is 3. The Morgan fingerprint density at radius 2 is 1.81 bits per heavy atom. The van der Waals surface area contributed by atoms with Crippen LogP contribution in [0.15, 0.2) is 53.3 Å². The quantitative estimate of drug-likeness (QED) is 0.498. The lowest BCUT2D eigenvalue weighted by atomic mass is 9.82. The topological polar surface area (TPSA) is 80.3 Å². The minimum absolute atomic E-state index is 0.0203. The predicted molar refractivity (Wildman–Crippen MR) is 120 cm³/mol. The van der Waals surface area contributed by atoms with Gasteiger partial charge in [-0.05, 0) is 50.1 Å². The fourth-order valence-corrected chi connectivity index (χ4v) is 4.97. The second-order valence-electron chi connectivity index (χ2n) is 8.86. The first kappa shape index (κ1) is 19.0. The van der Waals surface area contributed by atoms with Gasteiger partial charge in [0.25, 0.3) is 5.91 Å². The van der Waals surface area contributed by atoms with E-state index in [-0.39, 0.29) is 11.9 Å². The molecule has 8 nitrogen and oxygen atoms in total. The number of aryl methyl sites for hydroxylation is 2. The molecule has 2 aliphatic rings. The van der Waals surface area contributed by atoms with Crippen LogP contribution in [0.25, 0.3) is 16.7 Å². The van der Waals surface area contributed by atoms with Gasteiger partial charge in [-0.2, -0.15) is 15.0 Å². The van der Waals surface area contributed by atoms with Crippen molar-refractivity contribution in [2.24, 2.45) is 5.92 Å². The minimum atomic E-state index is 0.0203. The fourth-order valence-electron chi connectivity index (χ4n) is 4.97. The zero-order valence-electron chi connectivity index (χ0n) is 18.1. The maximum Gasteiger partial charge on any atom is 0.256 e. The molecule has 2 aromatic carbocycles. The summed E-state index contributed by atoms with van der Waals surface area (Å²) >= 11 is 0. The molecule has 2 saturated heterocycles. The Kier molecular flexibility index (Phi) is 4.28. The van der Waals surface area contributed by atoms with Gasteiger partial charge >= 0.3 is 0 Å². The highest BCUT2D eigenvalue weighted by molar-refractivity contribution is 5.98. The van der Waals surface area contributed by atoms with Gasteiger partial charge in [-0.15, -0.1) is 0 Å². The largest absolute Gasteiger partial charge is 0.354 e.